The average molecular weight is 286 g/mol. The van der Waals surface area contributed by atoms with E-state index in [-0.39, 0.29) is 23.3 Å². The van der Waals surface area contributed by atoms with Crippen LogP contribution in [0.25, 0.3) is 0 Å². The summed E-state index contributed by atoms with van der Waals surface area (Å²) in [5.74, 6) is 0.718. The zero-order valence-corrected chi connectivity index (χ0v) is 13.3. The van der Waals surface area contributed by atoms with E-state index < -0.39 is 0 Å². The molecule has 2 N–H and O–H groups in total. The summed E-state index contributed by atoms with van der Waals surface area (Å²) >= 11 is 0. The highest BCUT2D eigenvalue weighted by Crippen LogP contribution is 2.46. The maximum absolute atomic E-state index is 10.4. The normalized spacial score (nSPS) is 22.0. The Labute approximate surface area is 127 Å². The topological polar surface area (TPSA) is 40.5 Å². The molecule has 1 aliphatic rings. The van der Waals surface area contributed by atoms with E-state index in [1.54, 1.807) is 12.1 Å². The zero-order chi connectivity index (χ0) is 15.6. The predicted octanol–water partition coefficient (Wildman–Crippen LogP) is 5.07. The fourth-order valence-corrected chi connectivity index (χ4v) is 3.36. The van der Waals surface area contributed by atoms with Gasteiger partial charge in [-0.05, 0) is 56.7 Å². The highest BCUT2D eigenvalue weighted by Gasteiger charge is 2.29. The zero-order valence-electron chi connectivity index (χ0n) is 13.3. The van der Waals surface area contributed by atoms with Gasteiger partial charge in [0, 0.05) is 11.5 Å². The molecule has 1 aromatic carbocycles. The number of hydrogen-bond acceptors (Lipinski definition) is 2. The third kappa shape index (κ3) is 3.31. The van der Waals surface area contributed by atoms with Gasteiger partial charge in [0.15, 0.2) is 0 Å². The molecule has 0 fully saturated rings. The van der Waals surface area contributed by atoms with Crippen molar-refractivity contribution in [1.29, 1.82) is 0 Å². The number of phenolic OH excluding ortho intramolecular Hbond substituents is 2. The van der Waals surface area contributed by atoms with Crippen molar-refractivity contribution in [2.45, 2.75) is 52.4 Å². The maximum atomic E-state index is 10.4. The van der Waals surface area contributed by atoms with Crippen molar-refractivity contribution < 1.29 is 10.2 Å². The monoisotopic (exact) mass is 286 g/mol. The molecule has 114 valence electrons. The van der Waals surface area contributed by atoms with Crippen molar-refractivity contribution in [1.82, 2.24) is 0 Å². The number of phenols is 2. The Morgan fingerprint density at radius 1 is 1.29 bits per heavy atom. The fraction of sp³-hybridized carbons (Fsp3) is 0.474. The Balaban J connectivity index is 2.48. The van der Waals surface area contributed by atoms with E-state index in [1.165, 1.54) is 5.57 Å². The van der Waals surface area contributed by atoms with Gasteiger partial charge in [0.2, 0.25) is 0 Å². The molecule has 0 saturated carbocycles. The lowest BCUT2D eigenvalue weighted by Gasteiger charge is -2.31. The summed E-state index contributed by atoms with van der Waals surface area (Å²) in [4.78, 5) is 0. The quantitative estimate of drug-likeness (QED) is 0.759. The van der Waals surface area contributed by atoms with Crippen molar-refractivity contribution in [2.75, 3.05) is 0 Å². The lowest BCUT2D eigenvalue weighted by Crippen LogP contribution is -2.17. The minimum Gasteiger partial charge on any atom is -0.507 e. The Kier molecular flexibility index (Phi) is 4.76. The van der Waals surface area contributed by atoms with Gasteiger partial charge in [-0.3, -0.25) is 0 Å². The van der Waals surface area contributed by atoms with Crippen molar-refractivity contribution in [3.05, 3.63) is 47.1 Å². The molecule has 1 unspecified atom stereocenters. The van der Waals surface area contributed by atoms with Crippen LogP contribution in [0.2, 0.25) is 0 Å². The molecule has 0 radical (unpaired) electrons. The van der Waals surface area contributed by atoms with Crippen LogP contribution < -0.4 is 0 Å². The van der Waals surface area contributed by atoms with Crippen LogP contribution in [-0.4, -0.2) is 10.2 Å². The van der Waals surface area contributed by atoms with Gasteiger partial charge in [-0.1, -0.05) is 37.1 Å². The molecule has 0 bridgehead atoms. The minimum absolute atomic E-state index is 0.0203. The average Bonchev–Trinajstić information content (AvgIpc) is 2.38. The fourth-order valence-electron chi connectivity index (χ4n) is 3.36. The van der Waals surface area contributed by atoms with E-state index in [2.05, 4.69) is 26.5 Å². The molecule has 0 spiro atoms. The third-order valence-corrected chi connectivity index (χ3v) is 4.45. The molecular weight excluding hydrogens is 260 g/mol. The van der Waals surface area contributed by atoms with Crippen LogP contribution in [0.3, 0.4) is 0 Å². The van der Waals surface area contributed by atoms with Crippen molar-refractivity contribution in [2.24, 2.45) is 5.92 Å². The first kappa shape index (κ1) is 15.7. The lowest BCUT2D eigenvalue weighted by molar-refractivity contribution is 0.406. The first-order valence-electron chi connectivity index (χ1n) is 7.81. The van der Waals surface area contributed by atoms with E-state index in [0.717, 1.165) is 36.8 Å². The molecule has 0 aromatic heterocycles. The Morgan fingerprint density at radius 2 is 1.90 bits per heavy atom. The summed E-state index contributed by atoms with van der Waals surface area (Å²) in [6.45, 7) is 10.3. The number of allylic oxidation sites excluding steroid dienone is 3. The first-order valence-corrected chi connectivity index (χ1v) is 7.81. The second-order valence-electron chi connectivity index (χ2n) is 6.33. The largest absolute Gasteiger partial charge is 0.507 e. The molecular formula is C19H26O2. The van der Waals surface area contributed by atoms with E-state index in [1.807, 2.05) is 6.92 Å². The smallest absolute Gasteiger partial charge is 0.123 e. The first-order chi connectivity index (χ1) is 9.93. The van der Waals surface area contributed by atoms with Gasteiger partial charge < -0.3 is 10.2 Å². The SMILES string of the molecule is C=C(C)C1CCC(C)=C[C@H]1c1c(O)cc(CCC)cc1O. The van der Waals surface area contributed by atoms with E-state index in [9.17, 15) is 10.2 Å². The van der Waals surface area contributed by atoms with Gasteiger partial charge in [0.1, 0.15) is 11.5 Å². The molecule has 0 heterocycles. The number of rotatable bonds is 4. The standard InChI is InChI=1S/C19H26O2/c1-5-6-14-10-17(20)19(18(21)11-14)16-9-13(4)7-8-15(16)12(2)3/h9-11,15-16,20-21H,2,5-8H2,1,3-4H3/t15?,16-/m1/s1. The Hall–Kier alpha value is -1.70. The van der Waals surface area contributed by atoms with Gasteiger partial charge in [0.05, 0.1) is 0 Å². The maximum Gasteiger partial charge on any atom is 0.123 e. The van der Waals surface area contributed by atoms with Crippen molar-refractivity contribution >= 4 is 0 Å². The molecule has 2 nitrogen and oxygen atoms in total. The van der Waals surface area contributed by atoms with Gasteiger partial charge in [-0.15, -0.1) is 0 Å². The molecule has 2 rings (SSSR count). The summed E-state index contributed by atoms with van der Waals surface area (Å²) in [6, 6.07) is 3.59. The highest BCUT2D eigenvalue weighted by atomic mass is 16.3. The van der Waals surface area contributed by atoms with Crippen LogP contribution in [0.15, 0.2) is 35.9 Å². The lowest BCUT2D eigenvalue weighted by atomic mass is 9.73. The molecule has 2 heteroatoms. The third-order valence-electron chi connectivity index (χ3n) is 4.45. The number of aromatic hydroxyl groups is 2. The molecule has 0 amide bonds. The van der Waals surface area contributed by atoms with Crippen LogP contribution in [0.4, 0.5) is 0 Å². The summed E-state index contributed by atoms with van der Waals surface area (Å²) < 4.78 is 0. The van der Waals surface area contributed by atoms with Crippen LogP contribution in [0.1, 0.15) is 57.1 Å². The van der Waals surface area contributed by atoms with Gasteiger partial charge in [-0.2, -0.15) is 0 Å². The number of aryl methyl sites for hydroxylation is 1. The second kappa shape index (κ2) is 6.38. The number of benzene rings is 1. The molecule has 0 aliphatic heterocycles. The Morgan fingerprint density at radius 3 is 2.43 bits per heavy atom. The number of hydrogen-bond donors (Lipinski definition) is 2. The summed E-state index contributed by atoms with van der Waals surface area (Å²) in [5.41, 5.74) is 4.07. The van der Waals surface area contributed by atoms with E-state index in [4.69, 9.17) is 0 Å². The predicted molar refractivity (Wildman–Crippen MR) is 87.8 cm³/mol. The minimum atomic E-state index is 0.0203. The summed E-state index contributed by atoms with van der Waals surface area (Å²) in [5, 5.41) is 20.8. The Bertz CT molecular complexity index is 546. The van der Waals surface area contributed by atoms with Crippen LogP contribution in [-0.2, 0) is 6.42 Å². The van der Waals surface area contributed by atoms with Crippen molar-refractivity contribution in [3.8, 4) is 11.5 Å². The van der Waals surface area contributed by atoms with Crippen LogP contribution >= 0.6 is 0 Å². The summed E-state index contributed by atoms with van der Waals surface area (Å²) in [6.07, 6.45) is 6.12. The van der Waals surface area contributed by atoms with Crippen LogP contribution in [0, 0.1) is 5.92 Å². The van der Waals surface area contributed by atoms with E-state index >= 15 is 0 Å². The van der Waals surface area contributed by atoms with E-state index in [0.29, 0.717) is 5.56 Å². The summed E-state index contributed by atoms with van der Waals surface area (Å²) in [7, 11) is 0. The highest BCUT2D eigenvalue weighted by molar-refractivity contribution is 5.51. The molecule has 1 aliphatic carbocycles. The molecule has 2 atom stereocenters. The molecule has 0 saturated heterocycles. The van der Waals surface area contributed by atoms with Crippen molar-refractivity contribution in [3.63, 3.8) is 0 Å². The van der Waals surface area contributed by atoms with Crippen LogP contribution in [0.5, 0.6) is 11.5 Å². The van der Waals surface area contributed by atoms with Gasteiger partial charge >= 0.3 is 0 Å². The molecule has 1 aromatic rings. The molecule has 21 heavy (non-hydrogen) atoms. The second-order valence-corrected chi connectivity index (χ2v) is 6.33. The van der Waals surface area contributed by atoms with Gasteiger partial charge in [-0.25, -0.2) is 0 Å². The van der Waals surface area contributed by atoms with Gasteiger partial charge in [0.25, 0.3) is 0 Å².